The van der Waals surface area contributed by atoms with E-state index in [1.807, 2.05) is 48.5 Å². The Balaban J connectivity index is 1.75. The quantitative estimate of drug-likeness (QED) is 0.382. The van der Waals surface area contributed by atoms with E-state index in [-0.39, 0.29) is 0 Å². The second-order valence-corrected chi connectivity index (χ2v) is 6.45. The molecular weight excluding hydrogens is 332 g/mol. The fourth-order valence-electron chi connectivity index (χ4n) is 3.13. The highest BCUT2D eigenvalue weighted by Crippen LogP contribution is 2.29. The Kier molecular flexibility index (Phi) is 4.97. The van der Waals surface area contributed by atoms with Gasteiger partial charge in [0.25, 0.3) is 0 Å². The van der Waals surface area contributed by atoms with Gasteiger partial charge in [0, 0.05) is 12.1 Å². The number of benzene rings is 3. The number of rotatable bonds is 5. The number of ether oxygens (including phenoxy) is 1. The molecule has 2 nitrogen and oxygen atoms in total. The molecule has 0 aliphatic heterocycles. The topological polar surface area (TPSA) is 20.5 Å². The van der Waals surface area contributed by atoms with Crippen LogP contribution in [0.1, 0.15) is 11.1 Å². The summed E-state index contributed by atoms with van der Waals surface area (Å²) in [6.45, 7) is 0. The highest BCUT2D eigenvalue weighted by molar-refractivity contribution is 5.64. The smallest absolute Gasteiger partial charge is 0.361 e. The van der Waals surface area contributed by atoms with Gasteiger partial charge in [-0.15, -0.1) is 0 Å². The lowest BCUT2D eigenvalue weighted by Crippen LogP contribution is -1.92. The van der Waals surface area contributed by atoms with Crippen molar-refractivity contribution < 1.29 is 9.15 Å². The molecule has 0 unspecified atom stereocenters. The Morgan fingerprint density at radius 1 is 0.630 bits per heavy atom. The summed E-state index contributed by atoms with van der Waals surface area (Å²) >= 11 is 0. The number of methoxy groups -OCH3 is 1. The molecule has 0 fully saturated rings. The standard InChI is InChI=1S/C25H21O2/c1-26-23-14-12-19(13-15-23)16-20-17-24(21-8-4-2-5-9-21)27-25(18-20)22-10-6-3-7-11-22/h2-15,17-18H,16H2,1H3/q+1. The van der Waals surface area contributed by atoms with Crippen LogP contribution >= 0.6 is 0 Å². The van der Waals surface area contributed by atoms with E-state index in [4.69, 9.17) is 9.15 Å². The van der Waals surface area contributed by atoms with Crippen LogP contribution in [0.3, 0.4) is 0 Å². The van der Waals surface area contributed by atoms with Crippen molar-refractivity contribution in [2.45, 2.75) is 6.42 Å². The fourth-order valence-corrected chi connectivity index (χ4v) is 3.13. The van der Waals surface area contributed by atoms with Crippen molar-refractivity contribution in [3.05, 3.63) is 108 Å². The lowest BCUT2D eigenvalue weighted by molar-refractivity contribution is 0.414. The summed E-state index contributed by atoms with van der Waals surface area (Å²) in [5.41, 5.74) is 4.60. The molecule has 1 aromatic heterocycles. The summed E-state index contributed by atoms with van der Waals surface area (Å²) in [5.74, 6) is 2.62. The van der Waals surface area contributed by atoms with Gasteiger partial charge in [0.05, 0.1) is 18.2 Å². The molecule has 27 heavy (non-hydrogen) atoms. The first-order valence-corrected chi connectivity index (χ1v) is 9.03. The molecule has 4 rings (SSSR count). The van der Waals surface area contributed by atoms with Crippen molar-refractivity contribution in [3.8, 4) is 28.4 Å². The van der Waals surface area contributed by atoms with Crippen LogP contribution in [0.25, 0.3) is 22.6 Å². The minimum Gasteiger partial charge on any atom is -0.497 e. The first-order valence-electron chi connectivity index (χ1n) is 9.03. The van der Waals surface area contributed by atoms with Crippen molar-refractivity contribution in [2.24, 2.45) is 0 Å². The monoisotopic (exact) mass is 353 g/mol. The predicted molar refractivity (Wildman–Crippen MR) is 110 cm³/mol. The molecule has 0 saturated heterocycles. The molecule has 0 bridgehead atoms. The van der Waals surface area contributed by atoms with Gasteiger partial charge in [-0.3, -0.25) is 0 Å². The van der Waals surface area contributed by atoms with Crippen LogP contribution in [-0.4, -0.2) is 7.11 Å². The van der Waals surface area contributed by atoms with Crippen LogP contribution in [0.15, 0.2) is 101 Å². The van der Waals surface area contributed by atoms with Crippen LogP contribution in [0.4, 0.5) is 0 Å². The van der Waals surface area contributed by atoms with Crippen molar-refractivity contribution in [1.82, 2.24) is 0 Å². The van der Waals surface area contributed by atoms with Crippen LogP contribution in [-0.2, 0) is 6.42 Å². The first kappa shape index (κ1) is 17.0. The molecule has 0 spiro atoms. The van der Waals surface area contributed by atoms with Crippen molar-refractivity contribution >= 4 is 0 Å². The Morgan fingerprint density at radius 2 is 1.15 bits per heavy atom. The zero-order valence-corrected chi connectivity index (χ0v) is 15.3. The third-order valence-corrected chi connectivity index (χ3v) is 4.54. The molecule has 132 valence electrons. The van der Waals surface area contributed by atoms with E-state index in [0.29, 0.717) is 0 Å². The van der Waals surface area contributed by atoms with E-state index in [1.165, 1.54) is 11.1 Å². The summed E-state index contributed by atoms with van der Waals surface area (Å²) in [6, 6.07) is 32.9. The summed E-state index contributed by atoms with van der Waals surface area (Å²) in [6.07, 6.45) is 0.833. The first-order chi connectivity index (χ1) is 13.3. The van der Waals surface area contributed by atoms with Gasteiger partial charge < -0.3 is 4.74 Å². The van der Waals surface area contributed by atoms with E-state index in [1.54, 1.807) is 7.11 Å². The average Bonchev–Trinajstić information content (AvgIpc) is 2.75. The molecule has 0 aliphatic rings. The zero-order chi connectivity index (χ0) is 18.5. The van der Waals surface area contributed by atoms with Crippen molar-refractivity contribution in [1.29, 1.82) is 0 Å². The maximum absolute atomic E-state index is 6.24. The van der Waals surface area contributed by atoms with E-state index in [0.717, 1.165) is 34.8 Å². The van der Waals surface area contributed by atoms with Crippen LogP contribution in [0.2, 0.25) is 0 Å². The van der Waals surface area contributed by atoms with Gasteiger partial charge >= 0.3 is 11.5 Å². The van der Waals surface area contributed by atoms with Gasteiger partial charge in [0.2, 0.25) is 0 Å². The molecular formula is C25H21O2+. The van der Waals surface area contributed by atoms with Gasteiger partial charge in [-0.1, -0.05) is 48.5 Å². The van der Waals surface area contributed by atoms with E-state index in [9.17, 15) is 0 Å². The second-order valence-electron chi connectivity index (χ2n) is 6.45. The average molecular weight is 353 g/mol. The van der Waals surface area contributed by atoms with Gasteiger partial charge in [-0.05, 0) is 53.9 Å². The summed E-state index contributed by atoms with van der Waals surface area (Å²) < 4.78 is 11.5. The molecule has 0 atom stereocenters. The van der Waals surface area contributed by atoms with Gasteiger partial charge in [-0.2, -0.15) is 0 Å². The largest absolute Gasteiger partial charge is 0.497 e. The van der Waals surface area contributed by atoms with Crippen molar-refractivity contribution in [2.75, 3.05) is 7.11 Å². The van der Waals surface area contributed by atoms with Gasteiger partial charge in [0.1, 0.15) is 5.75 Å². The maximum atomic E-state index is 6.24. The van der Waals surface area contributed by atoms with Gasteiger partial charge in [-0.25, -0.2) is 4.42 Å². The van der Waals surface area contributed by atoms with Crippen LogP contribution in [0, 0.1) is 0 Å². The van der Waals surface area contributed by atoms with E-state index < -0.39 is 0 Å². The zero-order valence-electron chi connectivity index (χ0n) is 15.3. The Labute approximate surface area is 159 Å². The van der Waals surface area contributed by atoms with Gasteiger partial charge in [0.15, 0.2) is 0 Å². The van der Waals surface area contributed by atoms with Crippen LogP contribution < -0.4 is 4.74 Å². The molecule has 0 saturated carbocycles. The Hall–Kier alpha value is -3.39. The summed E-state index contributed by atoms with van der Waals surface area (Å²) in [5, 5.41) is 0. The molecule has 0 radical (unpaired) electrons. The minimum atomic E-state index is 0.833. The van der Waals surface area contributed by atoms with E-state index in [2.05, 4.69) is 48.5 Å². The second kappa shape index (κ2) is 7.88. The highest BCUT2D eigenvalue weighted by atomic mass is 16.5. The van der Waals surface area contributed by atoms with E-state index >= 15 is 0 Å². The SMILES string of the molecule is COc1ccc(Cc2cc(-c3ccccc3)[o+]c(-c3ccccc3)c2)cc1. The number of hydrogen-bond donors (Lipinski definition) is 0. The molecule has 0 aliphatic carbocycles. The third kappa shape index (κ3) is 4.06. The molecule has 4 aromatic rings. The molecule has 1 heterocycles. The minimum absolute atomic E-state index is 0.833. The summed E-state index contributed by atoms with van der Waals surface area (Å²) in [4.78, 5) is 0. The lowest BCUT2D eigenvalue weighted by Gasteiger charge is -2.04. The van der Waals surface area contributed by atoms with Crippen molar-refractivity contribution in [3.63, 3.8) is 0 Å². The summed E-state index contributed by atoms with van der Waals surface area (Å²) in [7, 11) is 1.69. The number of hydrogen-bond acceptors (Lipinski definition) is 1. The molecule has 2 heteroatoms. The molecule has 0 N–H and O–H groups in total. The molecule has 3 aromatic carbocycles. The Bertz CT molecular complexity index is 949. The lowest BCUT2D eigenvalue weighted by atomic mass is 10.0. The molecule has 0 amide bonds. The predicted octanol–water partition coefficient (Wildman–Crippen LogP) is 6.49. The fraction of sp³-hybridized carbons (Fsp3) is 0.0800. The third-order valence-electron chi connectivity index (χ3n) is 4.54. The normalized spacial score (nSPS) is 10.6. The van der Waals surface area contributed by atoms with Crippen LogP contribution in [0.5, 0.6) is 5.75 Å². The Morgan fingerprint density at radius 3 is 1.63 bits per heavy atom. The maximum Gasteiger partial charge on any atom is 0.361 e. The highest BCUT2D eigenvalue weighted by Gasteiger charge is 2.19.